The van der Waals surface area contributed by atoms with Gasteiger partial charge in [-0.3, -0.25) is 5.32 Å². The Morgan fingerprint density at radius 2 is 1.90 bits per heavy atom. The average Bonchev–Trinajstić information content (AvgIpc) is 1.58. The van der Waals surface area contributed by atoms with E-state index in [4.69, 9.17) is 15.6 Å². The van der Waals surface area contributed by atoms with E-state index < -0.39 is 6.29 Å². The summed E-state index contributed by atoms with van der Waals surface area (Å²) in [6, 6.07) is 0. The summed E-state index contributed by atoms with van der Waals surface area (Å²) in [7, 11) is 0. The van der Waals surface area contributed by atoms with Crippen molar-refractivity contribution in [2.45, 2.75) is 39.5 Å². The fraction of sp³-hybridized carbons (Fsp3) is 1.00. The van der Waals surface area contributed by atoms with Crippen LogP contribution in [0.5, 0.6) is 0 Å². The van der Waals surface area contributed by atoms with Gasteiger partial charge in [-0.25, -0.2) is 0 Å². The summed E-state index contributed by atoms with van der Waals surface area (Å²) in [6.45, 7) is 5.15. The second kappa shape index (κ2) is 4.62. The molecule has 0 radical (unpaired) electrons. The number of rotatable bonds is 4. The molecule has 0 saturated heterocycles. The molecule has 3 atom stereocenters. The molecule has 10 heavy (non-hydrogen) atoms. The molecule has 4 nitrogen and oxygen atoms in total. The first-order valence-corrected chi connectivity index (χ1v) is 3.37. The lowest BCUT2D eigenvalue weighted by Gasteiger charge is -2.18. The predicted octanol–water partition coefficient (Wildman–Crippen LogP) is -0.418. The van der Waals surface area contributed by atoms with E-state index in [2.05, 4.69) is 5.32 Å². The predicted molar refractivity (Wildman–Crippen MR) is 39.0 cm³/mol. The molecule has 0 heterocycles. The van der Waals surface area contributed by atoms with Crippen molar-refractivity contribution in [1.82, 2.24) is 5.32 Å². The number of aliphatic hydroxyl groups excluding tert-OH is 1. The topological polar surface area (TPSA) is 67.5 Å². The van der Waals surface area contributed by atoms with Crippen LogP contribution in [-0.4, -0.2) is 23.8 Å². The molecule has 0 bridgehead atoms. The zero-order valence-electron chi connectivity index (χ0n) is 6.66. The van der Waals surface area contributed by atoms with Crippen LogP contribution in [0.15, 0.2) is 0 Å². The summed E-state index contributed by atoms with van der Waals surface area (Å²) < 4.78 is 4.93. The Bertz CT molecular complexity index is 75.8. The fourth-order valence-electron chi connectivity index (χ4n) is 0.705. The summed E-state index contributed by atoms with van der Waals surface area (Å²) in [5.74, 6) is 0. The molecular formula is C6H16N2O2. The van der Waals surface area contributed by atoms with Crippen LogP contribution in [0.25, 0.3) is 0 Å². The normalized spacial score (nSPS) is 20.1. The van der Waals surface area contributed by atoms with Gasteiger partial charge in [0.2, 0.25) is 0 Å². The molecule has 0 rings (SSSR count). The molecule has 0 aromatic heterocycles. The minimum Gasteiger partial charge on any atom is -0.368 e. The van der Waals surface area contributed by atoms with Gasteiger partial charge in [0.1, 0.15) is 6.23 Å². The molecule has 0 aliphatic rings. The molecule has 0 spiro atoms. The van der Waals surface area contributed by atoms with Gasteiger partial charge in [-0.05, 0) is 20.8 Å². The van der Waals surface area contributed by atoms with Crippen molar-refractivity contribution >= 4 is 0 Å². The highest BCUT2D eigenvalue weighted by Crippen LogP contribution is 1.90. The van der Waals surface area contributed by atoms with Crippen molar-refractivity contribution < 1.29 is 9.84 Å². The van der Waals surface area contributed by atoms with Gasteiger partial charge in [-0.2, -0.15) is 0 Å². The van der Waals surface area contributed by atoms with Crippen molar-refractivity contribution in [3.05, 3.63) is 0 Å². The second-order valence-electron chi connectivity index (χ2n) is 2.33. The standard InChI is InChI=1S/C6H16N2O2/c1-4(7)8-5(2)10-6(3)9/h4-6,8-9H,7H2,1-3H3. The maximum absolute atomic E-state index is 8.73. The van der Waals surface area contributed by atoms with Gasteiger partial charge in [0, 0.05) is 0 Å². The number of nitrogens with one attached hydrogen (secondary N) is 1. The third-order valence-corrected chi connectivity index (χ3v) is 0.899. The highest BCUT2D eigenvalue weighted by atomic mass is 16.6. The maximum atomic E-state index is 8.73. The van der Waals surface area contributed by atoms with Gasteiger partial charge in [-0.15, -0.1) is 0 Å². The van der Waals surface area contributed by atoms with Crippen molar-refractivity contribution in [2.24, 2.45) is 5.73 Å². The van der Waals surface area contributed by atoms with E-state index >= 15 is 0 Å². The fourth-order valence-corrected chi connectivity index (χ4v) is 0.705. The Balaban J connectivity index is 3.34. The lowest BCUT2D eigenvalue weighted by molar-refractivity contribution is -0.129. The Labute approximate surface area is 61.4 Å². The van der Waals surface area contributed by atoms with Crippen LogP contribution in [0.3, 0.4) is 0 Å². The summed E-state index contributed by atoms with van der Waals surface area (Å²) in [5, 5.41) is 11.6. The molecule has 4 N–H and O–H groups in total. The van der Waals surface area contributed by atoms with E-state index in [1.807, 2.05) is 6.92 Å². The number of hydrogen-bond donors (Lipinski definition) is 3. The molecular weight excluding hydrogens is 132 g/mol. The van der Waals surface area contributed by atoms with Crippen LogP contribution in [0.2, 0.25) is 0 Å². The first-order valence-electron chi connectivity index (χ1n) is 3.37. The summed E-state index contributed by atoms with van der Waals surface area (Å²) in [4.78, 5) is 0. The molecule has 0 saturated carbocycles. The largest absolute Gasteiger partial charge is 0.368 e. The number of ether oxygens (including phenoxy) is 1. The van der Waals surface area contributed by atoms with E-state index in [1.165, 1.54) is 0 Å². The zero-order chi connectivity index (χ0) is 8.15. The first-order chi connectivity index (χ1) is 4.52. The van der Waals surface area contributed by atoms with Gasteiger partial charge in [0.05, 0.1) is 6.17 Å². The van der Waals surface area contributed by atoms with E-state index in [1.54, 1.807) is 13.8 Å². The van der Waals surface area contributed by atoms with Crippen LogP contribution in [0, 0.1) is 0 Å². The van der Waals surface area contributed by atoms with Gasteiger partial charge in [-0.1, -0.05) is 0 Å². The lowest BCUT2D eigenvalue weighted by Crippen LogP contribution is -2.42. The Morgan fingerprint density at radius 1 is 1.40 bits per heavy atom. The molecule has 0 aliphatic carbocycles. The van der Waals surface area contributed by atoms with Crippen molar-refractivity contribution in [3.63, 3.8) is 0 Å². The molecule has 3 unspecified atom stereocenters. The second-order valence-corrected chi connectivity index (χ2v) is 2.33. The van der Waals surface area contributed by atoms with Crippen LogP contribution in [0.1, 0.15) is 20.8 Å². The third-order valence-electron chi connectivity index (χ3n) is 0.899. The van der Waals surface area contributed by atoms with Crippen molar-refractivity contribution in [1.29, 1.82) is 0 Å². The van der Waals surface area contributed by atoms with Crippen LogP contribution in [0.4, 0.5) is 0 Å². The Morgan fingerprint density at radius 3 is 2.20 bits per heavy atom. The van der Waals surface area contributed by atoms with Crippen LogP contribution < -0.4 is 11.1 Å². The van der Waals surface area contributed by atoms with Crippen LogP contribution >= 0.6 is 0 Å². The quantitative estimate of drug-likeness (QED) is 0.474. The molecule has 0 aromatic rings. The molecule has 0 aromatic carbocycles. The maximum Gasteiger partial charge on any atom is 0.153 e. The van der Waals surface area contributed by atoms with E-state index in [0.29, 0.717) is 0 Å². The van der Waals surface area contributed by atoms with Gasteiger partial charge < -0.3 is 15.6 Å². The van der Waals surface area contributed by atoms with Crippen molar-refractivity contribution in [2.75, 3.05) is 0 Å². The minimum absolute atomic E-state index is 0.117. The Hall–Kier alpha value is -0.160. The van der Waals surface area contributed by atoms with Gasteiger partial charge in [0.15, 0.2) is 6.29 Å². The lowest BCUT2D eigenvalue weighted by atomic mass is 10.5. The SMILES string of the molecule is CC(N)NC(C)OC(C)O. The third kappa shape index (κ3) is 5.97. The zero-order valence-corrected chi connectivity index (χ0v) is 6.66. The smallest absolute Gasteiger partial charge is 0.153 e. The number of aliphatic hydroxyl groups is 1. The molecule has 0 aliphatic heterocycles. The molecule has 62 valence electrons. The van der Waals surface area contributed by atoms with Crippen LogP contribution in [-0.2, 0) is 4.74 Å². The highest BCUT2D eigenvalue weighted by molar-refractivity contribution is 4.52. The monoisotopic (exact) mass is 148 g/mol. The van der Waals surface area contributed by atoms with E-state index in [-0.39, 0.29) is 12.4 Å². The molecule has 0 fully saturated rings. The number of nitrogens with two attached hydrogens (primary N) is 1. The van der Waals surface area contributed by atoms with Crippen molar-refractivity contribution in [3.8, 4) is 0 Å². The molecule has 4 heteroatoms. The minimum atomic E-state index is -0.749. The van der Waals surface area contributed by atoms with E-state index in [9.17, 15) is 0 Å². The number of hydrogen-bond acceptors (Lipinski definition) is 4. The first kappa shape index (κ1) is 9.84. The average molecular weight is 148 g/mol. The Kier molecular flexibility index (Phi) is 4.55. The van der Waals surface area contributed by atoms with Gasteiger partial charge >= 0.3 is 0 Å². The molecule has 0 amide bonds. The summed E-state index contributed by atoms with van der Waals surface area (Å²) in [5.41, 5.74) is 5.40. The van der Waals surface area contributed by atoms with E-state index in [0.717, 1.165) is 0 Å². The highest BCUT2D eigenvalue weighted by Gasteiger charge is 2.05. The summed E-state index contributed by atoms with van der Waals surface area (Å²) >= 11 is 0. The summed E-state index contributed by atoms with van der Waals surface area (Å²) in [6.07, 6.45) is -1.07. The van der Waals surface area contributed by atoms with Gasteiger partial charge in [0.25, 0.3) is 0 Å².